The standard InChI is InChI=1S/C25H28FN5O5/c1-35-23-17(26)9-15(19(13-3-4-13)24(23)36-2)20-22-21(29-12-28-20)16(10-27-22)25(34)30-14-5-7-31(8-6-14)18(33)11-32/h9-10,12-14,27,32H,3-8,11H2,1-2H3,(H,30,34). The van der Waals surface area contributed by atoms with Gasteiger partial charge in [-0.3, -0.25) is 9.59 Å². The number of benzene rings is 1. The van der Waals surface area contributed by atoms with Crippen molar-refractivity contribution in [1.82, 2.24) is 25.2 Å². The molecular weight excluding hydrogens is 469 g/mol. The summed E-state index contributed by atoms with van der Waals surface area (Å²) in [6, 6.07) is 1.30. The molecule has 11 heteroatoms. The zero-order chi connectivity index (χ0) is 25.4. The van der Waals surface area contributed by atoms with E-state index in [4.69, 9.17) is 14.6 Å². The number of hydrogen-bond acceptors (Lipinski definition) is 7. The number of nitrogens with one attached hydrogen (secondary N) is 2. The first kappa shape index (κ1) is 24.0. The quantitative estimate of drug-likeness (QED) is 0.457. The van der Waals surface area contributed by atoms with Crippen LogP contribution >= 0.6 is 0 Å². The lowest BCUT2D eigenvalue weighted by atomic mass is 9.97. The van der Waals surface area contributed by atoms with Crippen molar-refractivity contribution < 1.29 is 28.6 Å². The Balaban J connectivity index is 1.46. The predicted molar refractivity (Wildman–Crippen MR) is 129 cm³/mol. The molecule has 1 saturated carbocycles. The molecule has 0 radical (unpaired) electrons. The molecular formula is C25H28FN5O5. The van der Waals surface area contributed by atoms with E-state index in [2.05, 4.69) is 20.3 Å². The molecule has 190 valence electrons. The lowest BCUT2D eigenvalue weighted by Gasteiger charge is -2.32. The van der Waals surface area contributed by atoms with Gasteiger partial charge in [-0.25, -0.2) is 14.4 Å². The van der Waals surface area contributed by atoms with Gasteiger partial charge in [0.1, 0.15) is 18.5 Å². The third kappa shape index (κ3) is 4.23. The van der Waals surface area contributed by atoms with Crippen LogP contribution in [0.1, 0.15) is 47.5 Å². The van der Waals surface area contributed by atoms with E-state index in [1.165, 1.54) is 26.6 Å². The topological polar surface area (TPSA) is 130 Å². The number of piperidine rings is 1. The van der Waals surface area contributed by atoms with Crippen LogP contribution in [0.4, 0.5) is 4.39 Å². The normalized spacial score (nSPS) is 16.3. The van der Waals surface area contributed by atoms with Crippen molar-refractivity contribution in [2.75, 3.05) is 33.9 Å². The summed E-state index contributed by atoms with van der Waals surface area (Å²) in [6.07, 6.45) is 6.04. The number of rotatable bonds is 7. The number of ether oxygens (including phenoxy) is 2. The maximum absolute atomic E-state index is 15.0. The number of carbonyl (C=O) groups is 2. The number of methoxy groups -OCH3 is 2. The second-order valence-electron chi connectivity index (χ2n) is 9.10. The molecule has 0 unspecified atom stereocenters. The van der Waals surface area contributed by atoms with Crippen LogP contribution in [0.3, 0.4) is 0 Å². The Morgan fingerprint density at radius 2 is 1.89 bits per heavy atom. The van der Waals surface area contributed by atoms with Crippen LogP contribution in [0.5, 0.6) is 11.5 Å². The molecule has 0 atom stereocenters. The highest BCUT2D eigenvalue weighted by Crippen LogP contribution is 2.52. The summed E-state index contributed by atoms with van der Waals surface area (Å²) in [5, 5.41) is 12.1. The summed E-state index contributed by atoms with van der Waals surface area (Å²) < 4.78 is 25.8. The molecule has 2 amide bonds. The first-order valence-corrected chi connectivity index (χ1v) is 11.9. The number of fused-ring (bicyclic) bond motifs is 1. The van der Waals surface area contributed by atoms with E-state index in [9.17, 15) is 14.0 Å². The number of aliphatic hydroxyl groups excluding tert-OH is 1. The second-order valence-corrected chi connectivity index (χ2v) is 9.10. The highest BCUT2D eigenvalue weighted by molar-refractivity contribution is 6.08. The number of likely N-dealkylation sites (tertiary alicyclic amines) is 1. The Kier molecular flexibility index (Phi) is 6.48. The number of aromatic amines is 1. The van der Waals surface area contributed by atoms with Crippen molar-refractivity contribution in [3.05, 3.63) is 35.5 Å². The van der Waals surface area contributed by atoms with Crippen LogP contribution in [-0.2, 0) is 4.79 Å². The van der Waals surface area contributed by atoms with E-state index in [0.717, 1.165) is 18.4 Å². The van der Waals surface area contributed by atoms with Crippen molar-refractivity contribution in [2.45, 2.75) is 37.6 Å². The van der Waals surface area contributed by atoms with E-state index >= 15 is 0 Å². The van der Waals surface area contributed by atoms with Gasteiger partial charge in [-0.1, -0.05) is 0 Å². The number of hydrogen-bond donors (Lipinski definition) is 3. The molecule has 2 fully saturated rings. The van der Waals surface area contributed by atoms with Gasteiger partial charge in [0.15, 0.2) is 17.3 Å². The molecule has 0 spiro atoms. The van der Waals surface area contributed by atoms with E-state index in [0.29, 0.717) is 59.5 Å². The van der Waals surface area contributed by atoms with E-state index in [-0.39, 0.29) is 29.5 Å². The minimum atomic E-state index is -0.559. The highest BCUT2D eigenvalue weighted by atomic mass is 19.1. The summed E-state index contributed by atoms with van der Waals surface area (Å²) in [4.78, 5) is 38.3. The van der Waals surface area contributed by atoms with E-state index in [1.807, 2.05) is 0 Å². The fraction of sp³-hybridized carbons (Fsp3) is 0.440. The Morgan fingerprint density at radius 1 is 1.17 bits per heavy atom. The SMILES string of the molecule is COc1c(F)cc(-c2ncnc3c(C(=O)NC4CCN(C(=O)CO)CC4)c[nH]c23)c(C2CC2)c1OC. The summed E-state index contributed by atoms with van der Waals surface area (Å²) >= 11 is 0. The zero-order valence-electron chi connectivity index (χ0n) is 20.1. The molecule has 10 nitrogen and oxygen atoms in total. The molecule has 3 aromatic rings. The van der Waals surface area contributed by atoms with Crippen LogP contribution < -0.4 is 14.8 Å². The first-order chi connectivity index (χ1) is 17.5. The van der Waals surface area contributed by atoms with Crippen molar-refractivity contribution >= 4 is 22.8 Å². The molecule has 1 aliphatic heterocycles. The van der Waals surface area contributed by atoms with Gasteiger partial charge in [-0.15, -0.1) is 0 Å². The Bertz CT molecular complexity index is 1310. The van der Waals surface area contributed by atoms with Crippen LogP contribution in [0.2, 0.25) is 0 Å². The molecule has 2 aromatic heterocycles. The van der Waals surface area contributed by atoms with Crippen molar-refractivity contribution in [3.63, 3.8) is 0 Å². The number of nitrogens with zero attached hydrogens (tertiary/aromatic N) is 3. The molecule has 1 aromatic carbocycles. The fourth-order valence-electron chi connectivity index (χ4n) is 4.94. The number of H-pyrrole nitrogens is 1. The predicted octanol–water partition coefficient (Wildman–Crippen LogP) is 2.37. The maximum Gasteiger partial charge on any atom is 0.255 e. The lowest BCUT2D eigenvalue weighted by molar-refractivity contribution is -0.135. The number of carbonyl (C=O) groups excluding carboxylic acids is 2. The van der Waals surface area contributed by atoms with Crippen LogP contribution in [0.15, 0.2) is 18.6 Å². The Morgan fingerprint density at radius 3 is 2.53 bits per heavy atom. The number of amides is 2. The van der Waals surface area contributed by atoms with E-state index in [1.54, 1.807) is 11.1 Å². The largest absolute Gasteiger partial charge is 0.492 e. The molecule has 36 heavy (non-hydrogen) atoms. The smallest absolute Gasteiger partial charge is 0.255 e. The fourth-order valence-corrected chi connectivity index (χ4v) is 4.94. The van der Waals surface area contributed by atoms with E-state index < -0.39 is 12.4 Å². The molecule has 1 saturated heterocycles. The van der Waals surface area contributed by atoms with Gasteiger partial charge < -0.3 is 29.8 Å². The minimum absolute atomic E-state index is 0.0618. The minimum Gasteiger partial charge on any atom is -0.492 e. The second kappa shape index (κ2) is 9.73. The third-order valence-electron chi connectivity index (χ3n) is 6.90. The van der Waals surface area contributed by atoms with Crippen molar-refractivity contribution in [2.24, 2.45) is 0 Å². The monoisotopic (exact) mass is 497 g/mol. The van der Waals surface area contributed by atoms with Gasteiger partial charge in [-0.05, 0) is 37.7 Å². The van der Waals surface area contributed by atoms with Gasteiger partial charge in [0.05, 0.1) is 31.0 Å². The van der Waals surface area contributed by atoms with Gasteiger partial charge in [0, 0.05) is 36.5 Å². The molecule has 2 aliphatic rings. The zero-order valence-corrected chi connectivity index (χ0v) is 20.1. The van der Waals surface area contributed by atoms with Crippen LogP contribution in [0.25, 0.3) is 22.3 Å². The Hall–Kier alpha value is -3.73. The van der Waals surface area contributed by atoms with Gasteiger partial charge >= 0.3 is 0 Å². The summed E-state index contributed by atoms with van der Waals surface area (Å²) in [5.41, 5.74) is 3.21. The first-order valence-electron chi connectivity index (χ1n) is 11.9. The molecule has 3 heterocycles. The van der Waals surface area contributed by atoms with Crippen molar-refractivity contribution in [3.8, 4) is 22.8 Å². The number of aromatic nitrogens is 3. The van der Waals surface area contributed by atoms with Crippen LogP contribution in [0, 0.1) is 5.82 Å². The van der Waals surface area contributed by atoms with Gasteiger partial charge in [0.25, 0.3) is 5.91 Å². The lowest BCUT2D eigenvalue weighted by Crippen LogP contribution is -2.47. The average molecular weight is 498 g/mol. The number of halogens is 1. The molecule has 0 bridgehead atoms. The summed E-state index contributed by atoms with van der Waals surface area (Å²) in [7, 11) is 2.90. The molecule has 3 N–H and O–H groups in total. The molecule has 1 aliphatic carbocycles. The number of aliphatic hydroxyl groups is 1. The maximum atomic E-state index is 15.0. The van der Waals surface area contributed by atoms with Gasteiger partial charge in [0.2, 0.25) is 5.91 Å². The van der Waals surface area contributed by atoms with Crippen LogP contribution in [-0.4, -0.2) is 76.7 Å². The average Bonchev–Trinajstić information content (AvgIpc) is 3.64. The highest BCUT2D eigenvalue weighted by Gasteiger charge is 2.34. The third-order valence-corrected chi connectivity index (χ3v) is 6.90. The summed E-state index contributed by atoms with van der Waals surface area (Å²) in [5.74, 6) is -0.535. The summed E-state index contributed by atoms with van der Waals surface area (Å²) in [6.45, 7) is 0.430. The Labute approximate surface area is 206 Å². The van der Waals surface area contributed by atoms with Crippen molar-refractivity contribution in [1.29, 1.82) is 0 Å². The van der Waals surface area contributed by atoms with Gasteiger partial charge in [-0.2, -0.15) is 0 Å². The molecule has 5 rings (SSSR count).